The fraction of sp³-hybridized carbons (Fsp3) is 0.385. The summed E-state index contributed by atoms with van der Waals surface area (Å²) in [6, 6.07) is 7.77. The molecule has 5 unspecified atom stereocenters. The topological polar surface area (TPSA) is 41.6 Å². The number of fused-ring (bicyclic) bond motifs is 4. The summed E-state index contributed by atoms with van der Waals surface area (Å²) in [6.07, 6.45) is 5.98. The summed E-state index contributed by atoms with van der Waals surface area (Å²) in [6.45, 7) is 2.02. The van der Waals surface area contributed by atoms with E-state index in [1.54, 1.807) is 12.1 Å². The number of benzene rings is 2. The molecule has 2 heterocycles. The molecular formula is C26H23F4N3. The molecule has 7 heteroatoms. The van der Waals surface area contributed by atoms with Gasteiger partial charge in [-0.05, 0) is 79.2 Å². The van der Waals surface area contributed by atoms with Crippen LogP contribution in [-0.2, 0) is 0 Å². The molecule has 2 fully saturated rings. The van der Waals surface area contributed by atoms with E-state index in [1.165, 1.54) is 11.6 Å². The third-order valence-electron chi connectivity index (χ3n) is 7.89. The highest BCUT2D eigenvalue weighted by molar-refractivity contribution is 5.82. The zero-order valence-corrected chi connectivity index (χ0v) is 18.1. The van der Waals surface area contributed by atoms with E-state index in [4.69, 9.17) is 0 Å². The van der Waals surface area contributed by atoms with Crippen molar-refractivity contribution in [3.8, 4) is 0 Å². The standard InChI is InChI=1S/C26H23F4N3/c1-12(26-32-22-11-20(28)23(29)24(30)25(22)33-26)6-13-7-15-8-14(13)9-18(15)17-4-5-31-21-3-2-16(27)10-19(17)21/h2-5,10-15,18H,6-9H2,1H3,(H,32,33). The Morgan fingerprint density at radius 1 is 1.00 bits per heavy atom. The van der Waals surface area contributed by atoms with Crippen LogP contribution in [0.3, 0.4) is 0 Å². The number of rotatable bonds is 4. The lowest BCUT2D eigenvalue weighted by atomic mass is 9.75. The third kappa shape index (κ3) is 3.31. The number of aromatic amines is 1. The van der Waals surface area contributed by atoms with Crippen molar-refractivity contribution in [2.75, 3.05) is 0 Å². The molecule has 0 amide bonds. The predicted octanol–water partition coefficient (Wildman–Crippen LogP) is 6.99. The highest BCUT2D eigenvalue weighted by Gasteiger charge is 2.46. The maximum Gasteiger partial charge on any atom is 0.196 e. The van der Waals surface area contributed by atoms with E-state index in [9.17, 15) is 17.6 Å². The molecule has 0 saturated heterocycles. The van der Waals surface area contributed by atoms with Gasteiger partial charge in [0.15, 0.2) is 17.5 Å². The Bertz CT molecular complexity index is 1380. The van der Waals surface area contributed by atoms with Gasteiger partial charge in [0, 0.05) is 23.6 Å². The van der Waals surface area contributed by atoms with Crippen LogP contribution in [0.25, 0.3) is 21.9 Å². The lowest BCUT2D eigenvalue weighted by Crippen LogP contribution is -2.19. The fourth-order valence-corrected chi connectivity index (χ4v) is 6.40. The predicted molar refractivity (Wildman–Crippen MR) is 118 cm³/mol. The first-order valence-corrected chi connectivity index (χ1v) is 11.5. The largest absolute Gasteiger partial charge is 0.342 e. The molecule has 2 aliphatic rings. The highest BCUT2D eigenvalue weighted by atomic mass is 19.2. The Morgan fingerprint density at radius 2 is 1.85 bits per heavy atom. The third-order valence-corrected chi connectivity index (χ3v) is 7.89. The monoisotopic (exact) mass is 453 g/mol. The van der Waals surface area contributed by atoms with Gasteiger partial charge in [-0.15, -0.1) is 0 Å². The average molecular weight is 453 g/mol. The SMILES string of the molecule is CC(CC1CC2CC1CC2c1ccnc2ccc(F)cc12)c1nc2c(F)c(F)c(F)cc2[nH]1. The van der Waals surface area contributed by atoms with E-state index in [1.807, 2.05) is 19.2 Å². The van der Waals surface area contributed by atoms with Gasteiger partial charge in [-0.2, -0.15) is 0 Å². The smallest absolute Gasteiger partial charge is 0.196 e. The maximum atomic E-state index is 14.1. The quantitative estimate of drug-likeness (QED) is 0.267. The first-order valence-electron chi connectivity index (χ1n) is 11.5. The molecule has 3 nitrogen and oxygen atoms in total. The number of imidazole rings is 1. The van der Waals surface area contributed by atoms with Crippen LogP contribution in [0.15, 0.2) is 36.5 Å². The van der Waals surface area contributed by atoms with Crippen LogP contribution in [0.5, 0.6) is 0 Å². The first kappa shape index (κ1) is 20.6. The summed E-state index contributed by atoms with van der Waals surface area (Å²) in [5, 5.41) is 0.906. The minimum absolute atomic E-state index is 0.0153. The minimum atomic E-state index is -1.49. The summed E-state index contributed by atoms with van der Waals surface area (Å²) < 4.78 is 55.1. The van der Waals surface area contributed by atoms with Crippen LogP contribution >= 0.6 is 0 Å². The molecule has 2 aromatic carbocycles. The summed E-state index contributed by atoms with van der Waals surface area (Å²) in [4.78, 5) is 11.6. The summed E-state index contributed by atoms with van der Waals surface area (Å²) >= 11 is 0. The Morgan fingerprint density at radius 3 is 2.64 bits per heavy atom. The second-order valence-corrected chi connectivity index (χ2v) is 9.80. The van der Waals surface area contributed by atoms with Crippen LogP contribution in [0.2, 0.25) is 0 Å². The van der Waals surface area contributed by atoms with Crippen molar-refractivity contribution in [2.24, 2.45) is 17.8 Å². The summed E-state index contributed by atoms with van der Waals surface area (Å²) in [5.41, 5.74) is 2.04. The van der Waals surface area contributed by atoms with Crippen LogP contribution in [-0.4, -0.2) is 15.0 Å². The fourth-order valence-electron chi connectivity index (χ4n) is 6.40. The second kappa shape index (κ2) is 7.54. The molecule has 2 aliphatic carbocycles. The molecule has 33 heavy (non-hydrogen) atoms. The number of halogens is 4. The Kier molecular flexibility index (Phi) is 4.71. The van der Waals surface area contributed by atoms with Gasteiger partial charge in [0.25, 0.3) is 0 Å². The van der Waals surface area contributed by atoms with Crippen molar-refractivity contribution in [3.05, 3.63) is 71.2 Å². The van der Waals surface area contributed by atoms with Crippen LogP contribution < -0.4 is 0 Å². The van der Waals surface area contributed by atoms with E-state index < -0.39 is 17.5 Å². The van der Waals surface area contributed by atoms with Gasteiger partial charge >= 0.3 is 0 Å². The molecule has 5 atom stereocenters. The van der Waals surface area contributed by atoms with Crippen molar-refractivity contribution in [1.29, 1.82) is 0 Å². The Labute approximate surface area is 188 Å². The number of nitrogens with zero attached hydrogens (tertiary/aromatic N) is 2. The van der Waals surface area contributed by atoms with E-state index in [0.717, 1.165) is 42.7 Å². The molecule has 0 aliphatic heterocycles. The van der Waals surface area contributed by atoms with Crippen molar-refractivity contribution >= 4 is 21.9 Å². The molecule has 2 aromatic heterocycles. The molecule has 6 rings (SSSR count). The van der Waals surface area contributed by atoms with E-state index in [-0.39, 0.29) is 22.8 Å². The normalized spacial score (nSPS) is 25.4. The van der Waals surface area contributed by atoms with Crippen LogP contribution in [0, 0.1) is 41.0 Å². The Balaban J connectivity index is 1.20. The van der Waals surface area contributed by atoms with Gasteiger partial charge in [0.05, 0.1) is 11.0 Å². The van der Waals surface area contributed by atoms with Crippen LogP contribution in [0.4, 0.5) is 17.6 Å². The number of hydrogen-bond donors (Lipinski definition) is 1. The van der Waals surface area contributed by atoms with Crippen molar-refractivity contribution in [1.82, 2.24) is 15.0 Å². The molecule has 0 radical (unpaired) electrons. The minimum Gasteiger partial charge on any atom is -0.342 e. The molecular weight excluding hydrogens is 430 g/mol. The number of nitrogens with one attached hydrogen (secondary N) is 1. The van der Waals surface area contributed by atoms with Crippen molar-refractivity contribution < 1.29 is 17.6 Å². The average Bonchev–Trinajstić information content (AvgIpc) is 3.51. The molecule has 0 spiro atoms. The van der Waals surface area contributed by atoms with Crippen molar-refractivity contribution in [3.63, 3.8) is 0 Å². The molecule has 2 saturated carbocycles. The Hall–Kier alpha value is -2.96. The highest BCUT2D eigenvalue weighted by Crippen LogP contribution is 2.58. The zero-order valence-electron chi connectivity index (χ0n) is 18.1. The van der Waals surface area contributed by atoms with E-state index >= 15 is 0 Å². The maximum absolute atomic E-state index is 14.1. The summed E-state index contributed by atoms with van der Waals surface area (Å²) in [7, 11) is 0. The molecule has 2 bridgehead atoms. The first-order chi connectivity index (χ1) is 15.9. The number of pyridine rings is 1. The lowest BCUT2D eigenvalue weighted by Gasteiger charge is -2.30. The second-order valence-electron chi connectivity index (χ2n) is 9.80. The van der Waals surface area contributed by atoms with Gasteiger partial charge in [0.1, 0.15) is 17.2 Å². The zero-order chi connectivity index (χ0) is 22.9. The number of H-pyrrole nitrogens is 1. The van der Waals surface area contributed by atoms with Gasteiger partial charge in [0.2, 0.25) is 0 Å². The molecule has 1 N–H and O–H groups in total. The number of hydrogen-bond acceptors (Lipinski definition) is 2. The lowest BCUT2D eigenvalue weighted by molar-refractivity contribution is 0.276. The summed E-state index contributed by atoms with van der Waals surface area (Å²) in [5.74, 6) is -1.60. The number of aromatic nitrogens is 3. The van der Waals surface area contributed by atoms with Crippen LogP contribution in [0.1, 0.15) is 55.8 Å². The van der Waals surface area contributed by atoms with Gasteiger partial charge in [-0.3, -0.25) is 4.98 Å². The van der Waals surface area contributed by atoms with E-state index in [2.05, 4.69) is 15.0 Å². The van der Waals surface area contributed by atoms with Gasteiger partial charge in [-0.1, -0.05) is 6.92 Å². The van der Waals surface area contributed by atoms with Gasteiger partial charge < -0.3 is 4.98 Å². The van der Waals surface area contributed by atoms with Crippen molar-refractivity contribution in [2.45, 2.75) is 44.4 Å². The van der Waals surface area contributed by atoms with E-state index in [0.29, 0.717) is 29.5 Å². The molecule has 170 valence electrons. The molecule has 4 aromatic rings. The van der Waals surface area contributed by atoms with Gasteiger partial charge in [-0.25, -0.2) is 22.5 Å².